The third kappa shape index (κ3) is 10.3. The highest BCUT2D eigenvalue weighted by Gasteiger charge is 2.26. The fraction of sp³-hybridized carbons (Fsp3) is 0.889. The van der Waals surface area contributed by atoms with Gasteiger partial charge in [-0.1, -0.05) is 6.42 Å². The predicted molar refractivity (Wildman–Crippen MR) is 146 cm³/mol. The Morgan fingerprint density at radius 1 is 0.848 bits per heavy atom. The number of thioether (sulfide) groups is 1. The topological polar surface area (TPSA) is 27.5 Å². The van der Waals surface area contributed by atoms with Crippen LogP contribution in [0.2, 0.25) is 0 Å². The summed E-state index contributed by atoms with van der Waals surface area (Å²) in [6, 6.07) is 1.65. The van der Waals surface area contributed by atoms with Gasteiger partial charge in [-0.25, -0.2) is 4.98 Å². The molecule has 33 heavy (non-hydrogen) atoms. The Labute approximate surface area is 209 Å². The normalized spacial score (nSPS) is 22.0. The minimum atomic E-state index is 0.177. The van der Waals surface area contributed by atoms with Gasteiger partial charge >= 0.3 is 0 Å². The Morgan fingerprint density at radius 3 is 1.85 bits per heavy atom. The Bertz CT molecular complexity index is 612. The summed E-state index contributed by atoms with van der Waals surface area (Å²) in [6.45, 7) is 24.6. The maximum atomic E-state index is 3.95. The lowest BCUT2D eigenvalue weighted by atomic mass is 9.99. The number of likely N-dealkylation sites (tertiary alicyclic amines) is 2. The molecule has 1 aromatic rings. The van der Waals surface area contributed by atoms with Crippen molar-refractivity contribution >= 4 is 11.8 Å². The monoisotopic (exact) mass is 479 g/mol. The van der Waals surface area contributed by atoms with Gasteiger partial charge in [0.05, 0.1) is 6.33 Å². The molecule has 0 amide bonds. The fourth-order valence-corrected chi connectivity index (χ4v) is 5.87. The standard InChI is InChI=1S/C13H26N2.C7H12N2.C7H15NS/c1-12(2)14-10-6-13(7-11-14)15-8-4-3-5-9-15;1-7(2,3)9-5-4-8-6-9;1-7(2,3)8-4-5-9-6-8/h12-13H,3-11H2,1-2H3;4-6H,1-3H3;4-6H2,1-3H3. The van der Waals surface area contributed by atoms with Gasteiger partial charge in [0.1, 0.15) is 0 Å². The van der Waals surface area contributed by atoms with Gasteiger partial charge < -0.3 is 14.4 Å². The van der Waals surface area contributed by atoms with Gasteiger partial charge in [-0.15, -0.1) is 11.8 Å². The van der Waals surface area contributed by atoms with Crippen molar-refractivity contribution in [2.75, 3.05) is 44.4 Å². The maximum absolute atomic E-state index is 3.95. The molecule has 5 nitrogen and oxygen atoms in total. The Kier molecular flexibility index (Phi) is 11.7. The van der Waals surface area contributed by atoms with Crippen LogP contribution in [-0.4, -0.2) is 86.2 Å². The van der Waals surface area contributed by atoms with Gasteiger partial charge in [-0.3, -0.25) is 4.90 Å². The lowest BCUT2D eigenvalue weighted by Crippen LogP contribution is -2.48. The van der Waals surface area contributed by atoms with Crippen molar-refractivity contribution in [3.63, 3.8) is 0 Å². The summed E-state index contributed by atoms with van der Waals surface area (Å²) >= 11 is 2.03. The quantitative estimate of drug-likeness (QED) is 0.536. The lowest BCUT2D eigenvalue weighted by Gasteiger charge is -2.41. The third-order valence-corrected chi connectivity index (χ3v) is 8.08. The Morgan fingerprint density at radius 2 is 1.48 bits per heavy atom. The van der Waals surface area contributed by atoms with E-state index in [0.29, 0.717) is 5.54 Å². The first kappa shape index (κ1) is 28.7. The maximum Gasteiger partial charge on any atom is 0.0950 e. The van der Waals surface area contributed by atoms with E-state index in [4.69, 9.17) is 0 Å². The van der Waals surface area contributed by atoms with Gasteiger partial charge in [-0.05, 0) is 107 Å². The highest BCUT2D eigenvalue weighted by atomic mass is 32.2. The zero-order chi connectivity index (χ0) is 24.5. The zero-order valence-corrected chi connectivity index (χ0v) is 23.8. The van der Waals surface area contributed by atoms with Crippen molar-refractivity contribution in [2.24, 2.45) is 0 Å². The van der Waals surface area contributed by atoms with E-state index in [9.17, 15) is 0 Å². The molecule has 4 rings (SSSR count). The Balaban J connectivity index is 0.000000186. The predicted octanol–water partition coefficient (Wildman–Crippen LogP) is 5.77. The number of rotatable bonds is 2. The van der Waals surface area contributed by atoms with Crippen molar-refractivity contribution in [3.05, 3.63) is 18.7 Å². The molecule has 3 aliphatic rings. The van der Waals surface area contributed by atoms with Crippen LogP contribution < -0.4 is 0 Å². The highest BCUT2D eigenvalue weighted by molar-refractivity contribution is 7.99. The molecular formula is C27H53N5S. The number of nitrogens with zero attached hydrogens (tertiary/aromatic N) is 5. The summed E-state index contributed by atoms with van der Waals surface area (Å²) in [4.78, 5) is 11.8. The molecule has 1 aromatic heterocycles. The molecule has 0 saturated carbocycles. The van der Waals surface area contributed by atoms with E-state index >= 15 is 0 Å². The van der Waals surface area contributed by atoms with Gasteiger partial charge in [0.2, 0.25) is 0 Å². The number of imidazole rings is 1. The van der Waals surface area contributed by atoms with Gasteiger partial charge in [-0.2, -0.15) is 0 Å². The number of piperidine rings is 2. The van der Waals surface area contributed by atoms with Crippen LogP contribution in [-0.2, 0) is 5.54 Å². The summed E-state index contributed by atoms with van der Waals surface area (Å²) in [6.07, 6.45) is 12.7. The molecule has 0 spiro atoms. The van der Waals surface area contributed by atoms with Crippen LogP contribution in [0.4, 0.5) is 0 Å². The summed E-state index contributed by atoms with van der Waals surface area (Å²) in [5, 5.41) is 0. The molecule has 0 radical (unpaired) electrons. The number of hydrogen-bond donors (Lipinski definition) is 0. The van der Waals surface area contributed by atoms with Crippen molar-refractivity contribution in [1.29, 1.82) is 0 Å². The SMILES string of the molecule is CC(C)(C)N1CCSC1.CC(C)(C)n1ccnc1.CC(C)N1CCC(N2CCCCC2)CC1. The van der Waals surface area contributed by atoms with E-state index < -0.39 is 0 Å². The minimum Gasteiger partial charge on any atom is -0.332 e. The van der Waals surface area contributed by atoms with Crippen molar-refractivity contribution in [3.8, 4) is 0 Å². The van der Waals surface area contributed by atoms with E-state index in [-0.39, 0.29) is 5.54 Å². The second-order valence-electron chi connectivity index (χ2n) is 12.1. The first-order chi connectivity index (χ1) is 15.5. The summed E-state index contributed by atoms with van der Waals surface area (Å²) in [7, 11) is 0. The van der Waals surface area contributed by atoms with Gasteiger partial charge in [0.25, 0.3) is 0 Å². The minimum absolute atomic E-state index is 0.177. The van der Waals surface area contributed by atoms with E-state index in [1.54, 1.807) is 6.20 Å². The van der Waals surface area contributed by atoms with E-state index in [2.05, 4.69) is 79.6 Å². The largest absolute Gasteiger partial charge is 0.332 e. The van der Waals surface area contributed by atoms with Crippen LogP contribution in [0.15, 0.2) is 18.7 Å². The van der Waals surface area contributed by atoms with Crippen LogP contribution in [0.5, 0.6) is 0 Å². The molecule has 0 aliphatic carbocycles. The first-order valence-corrected chi connectivity index (χ1v) is 14.4. The molecule has 3 fully saturated rings. The van der Waals surface area contributed by atoms with Crippen LogP contribution in [0.3, 0.4) is 0 Å². The number of hydrogen-bond acceptors (Lipinski definition) is 5. The first-order valence-electron chi connectivity index (χ1n) is 13.3. The summed E-state index contributed by atoms with van der Waals surface area (Å²) in [5.74, 6) is 2.54. The van der Waals surface area contributed by atoms with Crippen LogP contribution in [0.1, 0.15) is 87.5 Å². The molecule has 6 heteroatoms. The molecule has 3 aliphatic heterocycles. The molecule has 4 heterocycles. The van der Waals surface area contributed by atoms with Crippen LogP contribution in [0, 0.1) is 0 Å². The van der Waals surface area contributed by atoms with Gasteiger partial charge in [0, 0.05) is 53.7 Å². The third-order valence-electron chi connectivity index (χ3n) is 7.12. The molecule has 0 unspecified atom stereocenters. The molecule has 0 N–H and O–H groups in total. The van der Waals surface area contributed by atoms with Crippen LogP contribution >= 0.6 is 11.8 Å². The molecule has 192 valence electrons. The van der Waals surface area contributed by atoms with E-state index in [1.165, 1.54) is 76.5 Å². The van der Waals surface area contributed by atoms with Crippen molar-refractivity contribution in [1.82, 2.24) is 24.3 Å². The fourth-order valence-electron chi connectivity index (χ4n) is 4.65. The smallest absolute Gasteiger partial charge is 0.0950 e. The second-order valence-corrected chi connectivity index (χ2v) is 13.1. The Hall–Kier alpha value is -0.560. The van der Waals surface area contributed by atoms with Crippen LogP contribution in [0.25, 0.3) is 0 Å². The molecule has 0 bridgehead atoms. The van der Waals surface area contributed by atoms with Crippen molar-refractivity contribution < 1.29 is 0 Å². The average Bonchev–Trinajstić information content (AvgIpc) is 3.49. The lowest BCUT2D eigenvalue weighted by molar-refractivity contribution is 0.0796. The van der Waals surface area contributed by atoms with Gasteiger partial charge in [0.15, 0.2) is 0 Å². The van der Waals surface area contributed by atoms with Crippen molar-refractivity contribution in [2.45, 2.75) is 111 Å². The average molecular weight is 480 g/mol. The molecule has 0 aromatic carbocycles. The van der Waals surface area contributed by atoms with E-state index in [0.717, 1.165) is 12.1 Å². The zero-order valence-electron chi connectivity index (χ0n) is 23.0. The summed E-state index contributed by atoms with van der Waals surface area (Å²) < 4.78 is 2.08. The molecule has 0 atom stereocenters. The summed E-state index contributed by atoms with van der Waals surface area (Å²) in [5.41, 5.74) is 0.569. The number of aromatic nitrogens is 2. The van der Waals surface area contributed by atoms with E-state index in [1.807, 2.05) is 24.3 Å². The molecule has 3 saturated heterocycles. The highest BCUT2D eigenvalue weighted by Crippen LogP contribution is 2.23. The molecular weight excluding hydrogens is 426 g/mol. The second kappa shape index (κ2) is 13.5.